The van der Waals surface area contributed by atoms with E-state index in [-0.39, 0.29) is 29.4 Å². The molecular weight excluding hydrogens is 560 g/mol. The second kappa shape index (κ2) is 17.4. The Kier molecular flexibility index (Phi) is 13.4. The van der Waals surface area contributed by atoms with Crippen molar-refractivity contribution >= 4 is 0 Å². The Labute approximate surface area is 261 Å². The maximum absolute atomic E-state index is 15.3. The Morgan fingerprint density at radius 3 is 1.93 bits per heavy atom. The first-order chi connectivity index (χ1) is 21.4. The van der Waals surface area contributed by atoms with Gasteiger partial charge in [-0.05, 0) is 98.4 Å². The molecule has 1 aliphatic rings. The van der Waals surface area contributed by atoms with Crippen LogP contribution in [0.3, 0.4) is 0 Å². The SMILES string of the molecule is CCCCCCOc1ccc(-c2ccc(C3CCC(/C=C/CCc4ccc(CCCCC)cc4)CC3)c(F)c2F)c(F)c1F. The average Bonchev–Trinajstić information content (AvgIpc) is 3.04. The zero-order valence-electron chi connectivity index (χ0n) is 26.5. The molecule has 0 radical (unpaired) electrons. The largest absolute Gasteiger partial charge is 0.490 e. The van der Waals surface area contributed by atoms with Crippen molar-refractivity contribution in [2.75, 3.05) is 6.61 Å². The van der Waals surface area contributed by atoms with Crippen LogP contribution in [0.5, 0.6) is 5.75 Å². The minimum absolute atomic E-state index is 0.0934. The molecule has 0 unspecified atom stereocenters. The lowest BCUT2D eigenvalue weighted by atomic mass is 9.78. The summed E-state index contributed by atoms with van der Waals surface area (Å²) in [5.41, 5.74) is 2.50. The third-order valence-corrected chi connectivity index (χ3v) is 9.02. The van der Waals surface area contributed by atoms with E-state index in [1.54, 1.807) is 6.07 Å². The Morgan fingerprint density at radius 2 is 1.25 bits per heavy atom. The Bertz CT molecular complexity index is 1340. The van der Waals surface area contributed by atoms with Crippen molar-refractivity contribution in [3.63, 3.8) is 0 Å². The van der Waals surface area contributed by atoms with Crippen molar-refractivity contribution in [1.82, 2.24) is 0 Å². The van der Waals surface area contributed by atoms with Gasteiger partial charge in [0.05, 0.1) is 6.61 Å². The number of rotatable bonds is 16. The minimum Gasteiger partial charge on any atom is -0.490 e. The topological polar surface area (TPSA) is 9.23 Å². The first-order valence-corrected chi connectivity index (χ1v) is 16.8. The molecule has 1 aliphatic carbocycles. The van der Waals surface area contributed by atoms with Gasteiger partial charge in [0.1, 0.15) is 0 Å². The summed E-state index contributed by atoms with van der Waals surface area (Å²) in [7, 11) is 0. The van der Waals surface area contributed by atoms with Gasteiger partial charge in [-0.3, -0.25) is 0 Å². The highest BCUT2D eigenvalue weighted by molar-refractivity contribution is 5.66. The summed E-state index contributed by atoms with van der Waals surface area (Å²) in [5, 5.41) is 0. The highest BCUT2D eigenvalue weighted by Crippen LogP contribution is 2.40. The van der Waals surface area contributed by atoms with E-state index in [0.717, 1.165) is 70.6 Å². The lowest BCUT2D eigenvalue weighted by Gasteiger charge is -2.27. The fourth-order valence-corrected chi connectivity index (χ4v) is 6.26. The summed E-state index contributed by atoms with van der Waals surface area (Å²) in [6, 6.07) is 14.5. The highest BCUT2D eigenvalue weighted by Gasteiger charge is 2.27. The Hall–Kier alpha value is -3.08. The molecular formula is C39H48F4O. The van der Waals surface area contributed by atoms with Gasteiger partial charge < -0.3 is 4.74 Å². The molecule has 0 heterocycles. The van der Waals surface area contributed by atoms with Gasteiger partial charge in [-0.15, -0.1) is 0 Å². The van der Waals surface area contributed by atoms with Gasteiger partial charge in [0.15, 0.2) is 23.2 Å². The fraction of sp³-hybridized carbons (Fsp3) is 0.487. The third-order valence-electron chi connectivity index (χ3n) is 9.02. The molecule has 1 saturated carbocycles. The first-order valence-electron chi connectivity index (χ1n) is 16.8. The molecule has 5 heteroatoms. The molecule has 0 saturated heterocycles. The summed E-state index contributed by atoms with van der Waals surface area (Å²) in [6.45, 7) is 4.59. The van der Waals surface area contributed by atoms with E-state index in [1.807, 2.05) is 0 Å². The number of hydrogen-bond acceptors (Lipinski definition) is 1. The van der Waals surface area contributed by atoms with E-state index >= 15 is 8.78 Å². The van der Waals surface area contributed by atoms with E-state index in [0.29, 0.717) is 11.5 Å². The van der Waals surface area contributed by atoms with Gasteiger partial charge in [0.2, 0.25) is 5.82 Å². The Balaban J connectivity index is 1.28. The van der Waals surface area contributed by atoms with Gasteiger partial charge in [-0.2, -0.15) is 4.39 Å². The van der Waals surface area contributed by atoms with Crippen molar-refractivity contribution in [3.05, 3.63) is 101 Å². The molecule has 0 amide bonds. The van der Waals surface area contributed by atoms with Crippen LogP contribution in [0.4, 0.5) is 17.6 Å². The molecule has 0 aromatic heterocycles. The van der Waals surface area contributed by atoms with Crippen LogP contribution in [0.2, 0.25) is 0 Å². The van der Waals surface area contributed by atoms with E-state index in [2.05, 4.69) is 50.3 Å². The van der Waals surface area contributed by atoms with Gasteiger partial charge in [0.25, 0.3) is 0 Å². The Morgan fingerprint density at radius 1 is 0.636 bits per heavy atom. The van der Waals surface area contributed by atoms with Crippen LogP contribution in [-0.4, -0.2) is 6.61 Å². The smallest absolute Gasteiger partial charge is 0.201 e. The third kappa shape index (κ3) is 9.22. The number of unbranched alkanes of at least 4 members (excludes halogenated alkanes) is 5. The lowest BCUT2D eigenvalue weighted by molar-refractivity contribution is 0.285. The number of ether oxygens (including phenoxy) is 1. The van der Waals surface area contributed by atoms with Crippen LogP contribution in [0.1, 0.15) is 114 Å². The quantitative estimate of drug-likeness (QED) is 0.0893. The van der Waals surface area contributed by atoms with Gasteiger partial charge in [0, 0.05) is 11.1 Å². The van der Waals surface area contributed by atoms with Crippen molar-refractivity contribution < 1.29 is 22.3 Å². The fourth-order valence-electron chi connectivity index (χ4n) is 6.26. The van der Waals surface area contributed by atoms with Crippen LogP contribution in [0, 0.1) is 29.2 Å². The second-order valence-corrected chi connectivity index (χ2v) is 12.3. The van der Waals surface area contributed by atoms with E-state index in [9.17, 15) is 8.78 Å². The molecule has 0 N–H and O–H groups in total. The van der Waals surface area contributed by atoms with Crippen molar-refractivity contribution in [2.24, 2.45) is 5.92 Å². The van der Waals surface area contributed by atoms with E-state index < -0.39 is 23.3 Å². The van der Waals surface area contributed by atoms with Gasteiger partial charge in [-0.1, -0.05) is 94.5 Å². The molecule has 4 rings (SSSR count). The van der Waals surface area contributed by atoms with Crippen molar-refractivity contribution in [1.29, 1.82) is 0 Å². The number of allylic oxidation sites excluding steroid dienone is 2. The van der Waals surface area contributed by atoms with Crippen molar-refractivity contribution in [2.45, 2.75) is 110 Å². The number of halogens is 4. The molecule has 3 aromatic carbocycles. The molecule has 238 valence electrons. The maximum atomic E-state index is 15.3. The van der Waals surface area contributed by atoms with E-state index in [1.165, 1.54) is 48.6 Å². The predicted octanol–water partition coefficient (Wildman–Crippen LogP) is 12.1. The zero-order chi connectivity index (χ0) is 31.3. The number of benzene rings is 3. The normalized spacial score (nSPS) is 17.0. The number of aryl methyl sites for hydroxylation is 2. The molecule has 1 nitrogen and oxygen atoms in total. The van der Waals surface area contributed by atoms with Crippen LogP contribution in [0.25, 0.3) is 11.1 Å². The predicted molar refractivity (Wildman–Crippen MR) is 173 cm³/mol. The molecule has 3 aromatic rings. The molecule has 0 spiro atoms. The minimum atomic E-state index is -1.23. The lowest BCUT2D eigenvalue weighted by Crippen LogP contribution is -2.14. The van der Waals surface area contributed by atoms with Gasteiger partial charge >= 0.3 is 0 Å². The summed E-state index contributed by atoms with van der Waals surface area (Å²) in [6.07, 6.45) is 18.6. The number of hydrogen-bond donors (Lipinski definition) is 0. The zero-order valence-corrected chi connectivity index (χ0v) is 26.5. The average molecular weight is 609 g/mol. The molecule has 0 atom stereocenters. The molecule has 0 bridgehead atoms. The first kappa shape index (κ1) is 33.8. The van der Waals surface area contributed by atoms with E-state index in [4.69, 9.17) is 4.74 Å². The van der Waals surface area contributed by atoms with Crippen LogP contribution in [0.15, 0.2) is 60.7 Å². The molecule has 44 heavy (non-hydrogen) atoms. The summed E-state index contributed by atoms with van der Waals surface area (Å²) in [5.74, 6) is -4.37. The maximum Gasteiger partial charge on any atom is 0.201 e. The monoisotopic (exact) mass is 608 g/mol. The summed E-state index contributed by atoms with van der Waals surface area (Å²) >= 11 is 0. The summed E-state index contributed by atoms with van der Waals surface area (Å²) in [4.78, 5) is 0. The molecule has 0 aliphatic heterocycles. The van der Waals surface area contributed by atoms with Crippen LogP contribution in [-0.2, 0) is 12.8 Å². The van der Waals surface area contributed by atoms with Crippen molar-refractivity contribution in [3.8, 4) is 16.9 Å². The molecule has 1 fully saturated rings. The standard InChI is InChI=1S/C39H48F4O/c1-3-5-7-11-27-44-35-26-25-34(38(42)39(35)43)33-24-23-32(36(40)37(33)41)31-21-19-30(20-22-31)14-10-9-13-29-17-15-28(16-18-29)12-8-6-4-2/h10,14-18,23-26,30-31H,3-9,11-13,19-22,27H2,1-2H3/b14-10+. The van der Waals surface area contributed by atoms with Crippen LogP contribution < -0.4 is 4.74 Å². The van der Waals surface area contributed by atoms with Crippen LogP contribution >= 0.6 is 0 Å². The van der Waals surface area contributed by atoms with Gasteiger partial charge in [-0.25, -0.2) is 13.2 Å². The highest BCUT2D eigenvalue weighted by atomic mass is 19.2. The summed E-state index contributed by atoms with van der Waals surface area (Å²) < 4.78 is 65.6. The second-order valence-electron chi connectivity index (χ2n) is 12.3.